The zero-order chi connectivity index (χ0) is 14.5. The van der Waals surface area contributed by atoms with E-state index in [9.17, 15) is 9.59 Å². The van der Waals surface area contributed by atoms with Crippen molar-refractivity contribution in [1.82, 2.24) is 10.2 Å². The molecule has 0 aromatic heterocycles. The molecule has 1 saturated heterocycles. The van der Waals surface area contributed by atoms with Crippen molar-refractivity contribution in [2.45, 2.75) is 40.0 Å². The zero-order valence-electron chi connectivity index (χ0n) is 12.2. The van der Waals surface area contributed by atoms with Crippen molar-refractivity contribution in [1.29, 1.82) is 0 Å². The van der Waals surface area contributed by atoms with E-state index in [0.717, 1.165) is 32.4 Å². The van der Waals surface area contributed by atoms with E-state index in [1.54, 1.807) is 0 Å². The Kier molecular flexibility index (Phi) is 5.79. The molecule has 110 valence electrons. The first-order valence-corrected chi connectivity index (χ1v) is 7.11. The topological polar surface area (TPSA) is 69.6 Å². The molecule has 1 aliphatic rings. The first-order valence-electron chi connectivity index (χ1n) is 7.11. The Balaban J connectivity index is 2.77. The lowest BCUT2D eigenvalue weighted by molar-refractivity contribution is -0.151. The molecule has 1 atom stereocenters. The second kappa shape index (κ2) is 6.89. The number of carbonyl (C=O) groups is 2. The van der Waals surface area contributed by atoms with Crippen LogP contribution in [0.25, 0.3) is 0 Å². The van der Waals surface area contributed by atoms with E-state index < -0.39 is 11.4 Å². The summed E-state index contributed by atoms with van der Waals surface area (Å²) >= 11 is 0. The van der Waals surface area contributed by atoms with Crippen LogP contribution in [0, 0.1) is 11.3 Å². The molecule has 1 amide bonds. The molecular formula is C14H26N2O3. The van der Waals surface area contributed by atoms with Gasteiger partial charge < -0.3 is 15.3 Å². The van der Waals surface area contributed by atoms with Gasteiger partial charge in [0.05, 0.1) is 0 Å². The van der Waals surface area contributed by atoms with Crippen LogP contribution >= 0.6 is 0 Å². The third-order valence-corrected chi connectivity index (χ3v) is 3.98. The molecule has 0 bridgehead atoms. The molecule has 1 rings (SSSR count). The van der Waals surface area contributed by atoms with E-state index in [-0.39, 0.29) is 18.4 Å². The largest absolute Gasteiger partial charge is 0.480 e. The molecule has 0 radical (unpaired) electrons. The van der Waals surface area contributed by atoms with Gasteiger partial charge in [0.2, 0.25) is 5.91 Å². The minimum atomic E-state index is -0.945. The summed E-state index contributed by atoms with van der Waals surface area (Å²) in [5.41, 5.74) is -0.502. The lowest BCUT2D eigenvalue weighted by Crippen LogP contribution is -2.50. The first kappa shape index (κ1) is 16.0. The molecule has 1 aliphatic heterocycles. The summed E-state index contributed by atoms with van der Waals surface area (Å²) in [4.78, 5) is 25.0. The van der Waals surface area contributed by atoms with Crippen molar-refractivity contribution < 1.29 is 14.7 Å². The van der Waals surface area contributed by atoms with Crippen LogP contribution in [-0.2, 0) is 9.59 Å². The smallest absolute Gasteiger partial charge is 0.323 e. The van der Waals surface area contributed by atoms with Gasteiger partial charge in [-0.15, -0.1) is 0 Å². The van der Waals surface area contributed by atoms with Crippen LogP contribution in [0.4, 0.5) is 0 Å². The maximum atomic E-state index is 12.6. The fraction of sp³-hybridized carbons (Fsp3) is 0.857. The van der Waals surface area contributed by atoms with Crippen molar-refractivity contribution in [2.24, 2.45) is 11.3 Å². The number of hydrogen-bond donors (Lipinski definition) is 2. The summed E-state index contributed by atoms with van der Waals surface area (Å²) in [5, 5.41) is 12.2. The number of carboxylic acid groups (broad SMARTS) is 1. The van der Waals surface area contributed by atoms with Crippen molar-refractivity contribution in [3.63, 3.8) is 0 Å². The summed E-state index contributed by atoms with van der Waals surface area (Å²) in [6.45, 7) is 8.00. The Morgan fingerprint density at radius 2 is 2.11 bits per heavy atom. The number of aliphatic carboxylic acids is 1. The van der Waals surface area contributed by atoms with Gasteiger partial charge >= 0.3 is 5.97 Å². The van der Waals surface area contributed by atoms with E-state index in [4.69, 9.17) is 5.11 Å². The van der Waals surface area contributed by atoms with Gasteiger partial charge in [-0.1, -0.05) is 20.8 Å². The van der Waals surface area contributed by atoms with Crippen LogP contribution in [0.2, 0.25) is 0 Å². The van der Waals surface area contributed by atoms with E-state index >= 15 is 0 Å². The number of rotatable bonds is 6. The van der Waals surface area contributed by atoms with Gasteiger partial charge in [0, 0.05) is 12.0 Å². The fourth-order valence-corrected chi connectivity index (χ4v) is 2.74. The fourth-order valence-electron chi connectivity index (χ4n) is 2.74. The second-order valence-electron chi connectivity index (χ2n) is 5.89. The van der Waals surface area contributed by atoms with Gasteiger partial charge in [0.25, 0.3) is 0 Å². The Hall–Kier alpha value is -1.10. The minimum Gasteiger partial charge on any atom is -0.480 e. The highest BCUT2D eigenvalue weighted by atomic mass is 16.4. The zero-order valence-corrected chi connectivity index (χ0v) is 12.2. The SMILES string of the molecule is CCCN(CC(=O)O)C(=O)C(C)(C)C1CCCNC1. The highest BCUT2D eigenvalue weighted by Crippen LogP contribution is 2.33. The van der Waals surface area contributed by atoms with Crippen LogP contribution < -0.4 is 5.32 Å². The van der Waals surface area contributed by atoms with Crippen LogP contribution in [0.3, 0.4) is 0 Å². The summed E-state index contributed by atoms with van der Waals surface area (Å²) in [7, 11) is 0. The predicted molar refractivity (Wildman–Crippen MR) is 73.9 cm³/mol. The van der Waals surface area contributed by atoms with Gasteiger partial charge in [0.15, 0.2) is 0 Å². The molecule has 5 heteroatoms. The molecule has 0 saturated carbocycles. The van der Waals surface area contributed by atoms with Crippen LogP contribution in [0.5, 0.6) is 0 Å². The number of hydrogen-bond acceptors (Lipinski definition) is 3. The molecule has 1 fully saturated rings. The number of carbonyl (C=O) groups excluding carboxylic acids is 1. The summed E-state index contributed by atoms with van der Waals surface area (Å²) in [6, 6.07) is 0. The Morgan fingerprint density at radius 1 is 1.42 bits per heavy atom. The lowest BCUT2D eigenvalue weighted by Gasteiger charge is -2.39. The molecule has 2 N–H and O–H groups in total. The molecule has 1 unspecified atom stereocenters. The normalized spacial score (nSPS) is 20.1. The second-order valence-corrected chi connectivity index (χ2v) is 5.89. The standard InChI is InChI=1S/C14H26N2O3/c1-4-8-16(10-12(17)18)13(19)14(2,3)11-6-5-7-15-9-11/h11,15H,4-10H2,1-3H3,(H,17,18). The Bertz CT molecular complexity index is 323. The Morgan fingerprint density at radius 3 is 2.58 bits per heavy atom. The number of amides is 1. The number of piperidine rings is 1. The number of carboxylic acids is 1. The maximum absolute atomic E-state index is 12.6. The van der Waals surface area contributed by atoms with E-state index in [2.05, 4.69) is 5.32 Å². The molecule has 0 aromatic rings. The van der Waals surface area contributed by atoms with Gasteiger partial charge in [-0.2, -0.15) is 0 Å². The van der Waals surface area contributed by atoms with Gasteiger partial charge in [-0.05, 0) is 38.3 Å². The van der Waals surface area contributed by atoms with Crippen molar-refractivity contribution in [3.8, 4) is 0 Å². The van der Waals surface area contributed by atoms with Crippen molar-refractivity contribution in [2.75, 3.05) is 26.2 Å². The molecule has 0 spiro atoms. The highest BCUT2D eigenvalue weighted by Gasteiger charge is 2.40. The van der Waals surface area contributed by atoms with E-state index in [1.807, 2.05) is 20.8 Å². The molecular weight excluding hydrogens is 244 g/mol. The van der Waals surface area contributed by atoms with Crippen LogP contribution in [0.15, 0.2) is 0 Å². The van der Waals surface area contributed by atoms with Crippen LogP contribution in [0.1, 0.15) is 40.0 Å². The molecule has 19 heavy (non-hydrogen) atoms. The molecule has 0 aliphatic carbocycles. The third kappa shape index (κ3) is 4.20. The quantitative estimate of drug-likeness (QED) is 0.764. The van der Waals surface area contributed by atoms with Gasteiger partial charge in [-0.25, -0.2) is 0 Å². The first-order chi connectivity index (χ1) is 8.89. The molecule has 0 aromatic carbocycles. The van der Waals surface area contributed by atoms with Crippen molar-refractivity contribution >= 4 is 11.9 Å². The minimum absolute atomic E-state index is 0.0366. The highest BCUT2D eigenvalue weighted by molar-refractivity contribution is 5.85. The monoisotopic (exact) mass is 270 g/mol. The third-order valence-electron chi connectivity index (χ3n) is 3.98. The lowest BCUT2D eigenvalue weighted by atomic mass is 9.74. The molecule has 5 nitrogen and oxygen atoms in total. The van der Waals surface area contributed by atoms with Gasteiger partial charge in [0.1, 0.15) is 6.54 Å². The molecule has 1 heterocycles. The average molecular weight is 270 g/mol. The number of nitrogens with one attached hydrogen (secondary N) is 1. The van der Waals surface area contributed by atoms with Crippen molar-refractivity contribution in [3.05, 3.63) is 0 Å². The average Bonchev–Trinajstić information content (AvgIpc) is 2.38. The predicted octanol–water partition coefficient (Wildman–Crippen LogP) is 1.34. The van der Waals surface area contributed by atoms with E-state index in [0.29, 0.717) is 6.54 Å². The summed E-state index contributed by atoms with van der Waals surface area (Å²) < 4.78 is 0. The van der Waals surface area contributed by atoms with Crippen LogP contribution in [-0.4, -0.2) is 48.1 Å². The number of nitrogens with zero attached hydrogens (tertiary/aromatic N) is 1. The summed E-state index contributed by atoms with van der Waals surface area (Å²) in [5.74, 6) is -0.702. The maximum Gasteiger partial charge on any atom is 0.323 e. The Labute approximate surface area is 115 Å². The van der Waals surface area contributed by atoms with Gasteiger partial charge in [-0.3, -0.25) is 9.59 Å². The summed E-state index contributed by atoms with van der Waals surface area (Å²) in [6.07, 6.45) is 2.88. The van der Waals surface area contributed by atoms with E-state index in [1.165, 1.54) is 4.90 Å².